The van der Waals surface area contributed by atoms with E-state index in [9.17, 15) is 9.59 Å². The first kappa shape index (κ1) is 22.8. The number of ether oxygens (including phenoxy) is 2. The summed E-state index contributed by atoms with van der Waals surface area (Å²) in [5.41, 5.74) is 1.73. The summed E-state index contributed by atoms with van der Waals surface area (Å²) in [4.78, 5) is 25.5. The van der Waals surface area contributed by atoms with Crippen molar-refractivity contribution in [2.75, 3.05) is 7.11 Å². The smallest absolute Gasteiger partial charge is 0.345 e. The highest BCUT2D eigenvalue weighted by atomic mass is 16.6. The molecule has 4 nitrogen and oxygen atoms in total. The van der Waals surface area contributed by atoms with E-state index in [0.717, 1.165) is 24.8 Å². The first-order valence-electron chi connectivity index (χ1n) is 10.9. The molecule has 0 bridgehead atoms. The molecule has 3 atom stereocenters. The fraction of sp³-hybridized carbons (Fsp3) is 0.407. The van der Waals surface area contributed by atoms with Gasteiger partial charge >= 0.3 is 11.9 Å². The zero-order valence-corrected chi connectivity index (χ0v) is 18.8. The third kappa shape index (κ3) is 5.43. The number of carbonyl (C=O) groups is 2. The third-order valence-corrected chi connectivity index (χ3v) is 6.49. The summed E-state index contributed by atoms with van der Waals surface area (Å²) in [5.74, 6) is -0.689. The van der Waals surface area contributed by atoms with Crippen molar-refractivity contribution in [1.29, 1.82) is 0 Å². The maximum Gasteiger partial charge on any atom is 0.345 e. The Labute approximate surface area is 185 Å². The predicted molar refractivity (Wildman–Crippen MR) is 122 cm³/mol. The number of benzene rings is 2. The molecule has 0 spiro atoms. The van der Waals surface area contributed by atoms with Crippen LogP contribution in [0.4, 0.5) is 0 Å². The lowest BCUT2D eigenvalue weighted by molar-refractivity contribution is -0.154. The lowest BCUT2D eigenvalue weighted by atomic mass is 9.64. The average molecular weight is 421 g/mol. The van der Waals surface area contributed by atoms with Gasteiger partial charge in [-0.05, 0) is 41.4 Å². The van der Waals surface area contributed by atoms with Crippen LogP contribution in [-0.2, 0) is 24.5 Å². The monoisotopic (exact) mass is 420 g/mol. The second-order valence-corrected chi connectivity index (χ2v) is 9.02. The maximum atomic E-state index is 13.1. The topological polar surface area (TPSA) is 52.6 Å². The van der Waals surface area contributed by atoms with Crippen molar-refractivity contribution in [1.82, 2.24) is 0 Å². The summed E-state index contributed by atoms with van der Waals surface area (Å²) in [5, 5.41) is 0. The van der Waals surface area contributed by atoms with Crippen molar-refractivity contribution >= 4 is 18.0 Å². The number of esters is 2. The van der Waals surface area contributed by atoms with Gasteiger partial charge in [0.15, 0.2) is 0 Å². The molecule has 2 aromatic carbocycles. The summed E-state index contributed by atoms with van der Waals surface area (Å²) in [6.45, 7) is 6.61. The van der Waals surface area contributed by atoms with Crippen LogP contribution in [0.2, 0.25) is 0 Å². The Bertz CT molecular complexity index is 915. The van der Waals surface area contributed by atoms with E-state index in [0.29, 0.717) is 5.92 Å². The molecule has 1 aliphatic carbocycles. The fourth-order valence-corrected chi connectivity index (χ4v) is 4.59. The van der Waals surface area contributed by atoms with Gasteiger partial charge in [0.1, 0.15) is 11.7 Å². The van der Waals surface area contributed by atoms with Crippen LogP contribution in [-0.4, -0.2) is 25.2 Å². The van der Waals surface area contributed by atoms with Crippen LogP contribution in [0.25, 0.3) is 6.08 Å². The molecule has 0 aromatic heterocycles. The lowest BCUT2D eigenvalue weighted by Gasteiger charge is -2.44. The summed E-state index contributed by atoms with van der Waals surface area (Å²) >= 11 is 0. The van der Waals surface area contributed by atoms with Crippen molar-refractivity contribution in [3.05, 3.63) is 77.4 Å². The molecule has 0 radical (unpaired) electrons. The first-order chi connectivity index (χ1) is 14.8. The van der Waals surface area contributed by atoms with E-state index in [1.807, 2.05) is 48.5 Å². The van der Waals surface area contributed by atoms with Gasteiger partial charge in [-0.25, -0.2) is 9.59 Å². The van der Waals surface area contributed by atoms with E-state index in [-0.39, 0.29) is 23.0 Å². The number of rotatable bonds is 6. The van der Waals surface area contributed by atoms with Crippen LogP contribution in [0.15, 0.2) is 66.2 Å². The van der Waals surface area contributed by atoms with E-state index in [4.69, 9.17) is 9.47 Å². The van der Waals surface area contributed by atoms with Gasteiger partial charge in [-0.1, -0.05) is 87.9 Å². The number of carbonyl (C=O) groups excluding carboxylic acids is 2. The van der Waals surface area contributed by atoms with E-state index >= 15 is 0 Å². The number of hydrogen-bond donors (Lipinski definition) is 0. The second kappa shape index (κ2) is 9.95. The molecular formula is C27H32O4. The molecular weight excluding hydrogens is 388 g/mol. The molecule has 0 unspecified atom stereocenters. The van der Waals surface area contributed by atoms with Gasteiger partial charge in [-0.2, -0.15) is 0 Å². The third-order valence-electron chi connectivity index (χ3n) is 6.49. The minimum Gasteiger partial charge on any atom is -0.465 e. The van der Waals surface area contributed by atoms with Crippen LogP contribution < -0.4 is 0 Å². The van der Waals surface area contributed by atoms with E-state index in [2.05, 4.69) is 32.9 Å². The first-order valence-corrected chi connectivity index (χ1v) is 10.9. The highest BCUT2D eigenvalue weighted by molar-refractivity contribution is 6.17. The average Bonchev–Trinajstić information content (AvgIpc) is 2.78. The summed E-state index contributed by atoms with van der Waals surface area (Å²) < 4.78 is 10.9. The van der Waals surface area contributed by atoms with Crippen LogP contribution in [0.1, 0.15) is 51.2 Å². The molecule has 0 amide bonds. The molecule has 1 aliphatic rings. The summed E-state index contributed by atoms with van der Waals surface area (Å²) in [7, 11) is 1.28. The van der Waals surface area contributed by atoms with E-state index < -0.39 is 11.9 Å². The van der Waals surface area contributed by atoms with Gasteiger partial charge in [0.25, 0.3) is 0 Å². The zero-order valence-electron chi connectivity index (χ0n) is 18.8. The minimum atomic E-state index is -0.684. The SMILES string of the molecule is COC(=O)/C(=C\c1ccccc1)C(=O)O[C@@H]1C[C@H](C)CC[C@H]1C(C)(C)c1ccccc1. The molecule has 0 heterocycles. The number of methoxy groups -OCH3 is 1. The summed E-state index contributed by atoms with van der Waals surface area (Å²) in [6, 6.07) is 19.6. The molecule has 0 aliphatic heterocycles. The quantitative estimate of drug-likeness (QED) is 0.265. The van der Waals surface area contributed by atoms with Crippen molar-refractivity contribution in [3.63, 3.8) is 0 Å². The van der Waals surface area contributed by atoms with Crippen molar-refractivity contribution < 1.29 is 19.1 Å². The highest BCUT2D eigenvalue weighted by Crippen LogP contribution is 2.43. The van der Waals surface area contributed by atoms with Gasteiger partial charge in [0.2, 0.25) is 0 Å². The molecule has 0 saturated heterocycles. The Kier molecular flexibility index (Phi) is 7.32. The standard InChI is InChI=1S/C27H32O4/c1-19-15-16-23(27(2,3)21-13-9-6-10-14-21)24(17-19)31-26(29)22(25(28)30-4)18-20-11-7-5-8-12-20/h5-14,18-19,23-24H,15-17H2,1-4H3/b22-18+/t19-,23-,24-/m1/s1. The Balaban J connectivity index is 1.88. The van der Waals surface area contributed by atoms with Crippen molar-refractivity contribution in [2.24, 2.45) is 11.8 Å². The van der Waals surface area contributed by atoms with Crippen LogP contribution in [0.3, 0.4) is 0 Å². The number of hydrogen-bond acceptors (Lipinski definition) is 4. The Hall–Kier alpha value is -2.88. The molecule has 164 valence electrons. The highest BCUT2D eigenvalue weighted by Gasteiger charge is 2.42. The largest absolute Gasteiger partial charge is 0.465 e. The minimum absolute atomic E-state index is 0.0804. The van der Waals surface area contributed by atoms with Gasteiger partial charge in [0, 0.05) is 5.92 Å². The van der Waals surface area contributed by atoms with Gasteiger partial charge < -0.3 is 9.47 Å². The maximum absolute atomic E-state index is 13.1. The summed E-state index contributed by atoms with van der Waals surface area (Å²) in [6.07, 6.45) is 4.12. The second-order valence-electron chi connectivity index (χ2n) is 9.02. The normalized spacial score (nSPS) is 21.9. The Morgan fingerprint density at radius 1 is 0.935 bits per heavy atom. The van der Waals surface area contributed by atoms with Crippen LogP contribution in [0.5, 0.6) is 0 Å². The Morgan fingerprint density at radius 2 is 1.55 bits per heavy atom. The van der Waals surface area contributed by atoms with Crippen LogP contribution >= 0.6 is 0 Å². The molecule has 2 aromatic rings. The van der Waals surface area contributed by atoms with Crippen molar-refractivity contribution in [3.8, 4) is 0 Å². The lowest BCUT2D eigenvalue weighted by Crippen LogP contribution is -2.44. The molecule has 0 N–H and O–H groups in total. The predicted octanol–water partition coefficient (Wildman–Crippen LogP) is 5.57. The molecule has 3 rings (SSSR count). The fourth-order valence-electron chi connectivity index (χ4n) is 4.59. The van der Waals surface area contributed by atoms with E-state index in [1.54, 1.807) is 0 Å². The van der Waals surface area contributed by atoms with Crippen molar-refractivity contribution in [2.45, 2.75) is 51.6 Å². The molecule has 31 heavy (non-hydrogen) atoms. The molecule has 1 fully saturated rings. The molecule has 1 saturated carbocycles. The zero-order chi connectivity index (χ0) is 22.4. The van der Waals surface area contributed by atoms with Crippen LogP contribution in [0, 0.1) is 11.8 Å². The van der Waals surface area contributed by atoms with Gasteiger partial charge in [-0.3, -0.25) is 0 Å². The molecule has 4 heteroatoms. The van der Waals surface area contributed by atoms with Gasteiger partial charge in [-0.15, -0.1) is 0 Å². The Morgan fingerprint density at radius 3 is 2.16 bits per heavy atom. The van der Waals surface area contributed by atoms with Gasteiger partial charge in [0.05, 0.1) is 7.11 Å². The van der Waals surface area contributed by atoms with E-state index in [1.165, 1.54) is 18.7 Å².